The number of nitrogens with two attached hydrogens (primary N) is 1. The van der Waals surface area contributed by atoms with Crippen LogP contribution in [0.3, 0.4) is 0 Å². The van der Waals surface area contributed by atoms with Crippen molar-refractivity contribution in [1.29, 1.82) is 0 Å². The molecule has 0 radical (unpaired) electrons. The van der Waals surface area contributed by atoms with Gasteiger partial charge in [-0.1, -0.05) is 19.8 Å². The Kier molecular flexibility index (Phi) is 3.97. The van der Waals surface area contributed by atoms with Gasteiger partial charge in [0.05, 0.1) is 15.9 Å². The Morgan fingerprint density at radius 3 is 2.70 bits per heavy atom. The zero-order chi connectivity index (χ0) is 14.3. The Balaban J connectivity index is 1.77. The van der Waals surface area contributed by atoms with Crippen molar-refractivity contribution in [2.75, 3.05) is 0 Å². The van der Waals surface area contributed by atoms with Crippen molar-refractivity contribution in [2.24, 2.45) is 24.6 Å². The summed E-state index contributed by atoms with van der Waals surface area (Å²) in [7, 11) is 2.05. The van der Waals surface area contributed by atoms with E-state index in [1.807, 2.05) is 11.7 Å². The van der Waals surface area contributed by atoms with E-state index in [9.17, 15) is 0 Å². The highest BCUT2D eigenvalue weighted by Gasteiger charge is 2.40. The first-order valence-electron chi connectivity index (χ1n) is 8.01. The molecule has 2 unspecified atom stereocenters. The molecule has 1 aromatic rings. The van der Waals surface area contributed by atoms with Gasteiger partial charge in [0.1, 0.15) is 0 Å². The first kappa shape index (κ1) is 14.6. The van der Waals surface area contributed by atoms with Crippen molar-refractivity contribution >= 4 is 15.9 Å². The number of aromatic nitrogens is 2. The SMILES string of the molecule is CCc1nn(C)c(CC2(N)CCCC(C3CC3)C2)c1Br. The third-order valence-corrected chi connectivity index (χ3v) is 6.14. The number of aryl methyl sites for hydroxylation is 2. The Hall–Kier alpha value is -0.350. The molecular weight excluding hydrogens is 314 g/mol. The van der Waals surface area contributed by atoms with Gasteiger partial charge >= 0.3 is 0 Å². The molecule has 0 aliphatic heterocycles. The average molecular weight is 340 g/mol. The summed E-state index contributed by atoms with van der Waals surface area (Å²) < 4.78 is 3.21. The van der Waals surface area contributed by atoms with Crippen molar-refractivity contribution < 1.29 is 0 Å². The second-order valence-corrected chi connectivity index (χ2v) is 7.71. The average Bonchev–Trinajstić information content (AvgIpc) is 3.22. The lowest BCUT2D eigenvalue weighted by molar-refractivity contribution is 0.202. The minimum Gasteiger partial charge on any atom is -0.325 e. The molecule has 2 aliphatic rings. The summed E-state index contributed by atoms with van der Waals surface area (Å²) in [5.41, 5.74) is 9.18. The molecule has 3 nitrogen and oxygen atoms in total. The molecule has 1 heterocycles. The minimum absolute atomic E-state index is 0.0210. The van der Waals surface area contributed by atoms with Gasteiger partial charge in [-0.3, -0.25) is 4.68 Å². The zero-order valence-electron chi connectivity index (χ0n) is 12.7. The molecule has 0 aromatic carbocycles. The van der Waals surface area contributed by atoms with Crippen LogP contribution in [0.2, 0.25) is 0 Å². The van der Waals surface area contributed by atoms with E-state index in [1.165, 1.54) is 42.3 Å². The number of hydrogen-bond donors (Lipinski definition) is 1. The number of hydrogen-bond acceptors (Lipinski definition) is 2. The smallest absolute Gasteiger partial charge is 0.0766 e. The van der Waals surface area contributed by atoms with Crippen LogP contribution in [-0.2, 0) is 19.9 Å². The van der Waals surface area contributed by atoms with E-state index >= 15 is 0 Å². The van der Waals surface area contributed by atoms with Gasteiger partial charge in [0.2, 0.25) is 0 Å². The van der Waals surface area contributed by atoms with Crippen LogP contribution in [-0.4, -0.2) is 15.3 Å². The molecule has 0 bridgehead atoms. The molecule has 2 N–H and O–H groups in total. The van der Waals surface area contributed by atoms with E-state index in [4.69, 9.17) is 5.73 Å². The van der Waals surface area contributed by atoms with Crippen molar-refractivity contribution in [2.45, 2.75) is 63.8 Å². The van der Waals surface area contributed by atoms with Crippen LogP contribution < -0.4 is 5.73 Å². The summed E-state index contributed by atoms with van der Waals surface area (Å²) in [5, 5.41) is 4.61. The number of halogens is 1. The lowest BCUT2D eigenvalue weighted by Gasteiger charge is -2.38. The molecule has 0 amide bonds. The van der Waals surface area contributed by atoms with Crippen LogP contribution >= 0.6 is 15.9 Å². The molecule has 2 aliphatic carbocycles. The van der Waals surface area contributed by atoms with Gasteiger partial charge in [-0.25, -0.2) is 0 Å². The van der Waals surface area contributed by atoms with Gasteiger partial charge in [-0.2, -0.15) is 5.10 Å². The van der Waals surface area contributed by atoms with E-state index in [-0.39, 0.29) is 5.54 Å². The zero-order valence-corrected chi connectivity index (χ0v) is 14.2. The highest BCUT2D eigenvalue weighted by molar-refractivity contribution is 9.10. The van der Waals surface area contributed by atoms with Gasteiger partial charge in [0.15, 0.2) is 0 Å². The van der Waals surface area contributed by atoms with Crippen molar-refractivity contribution in [1.82, 2.24) is 9.78 Å². The van der Waals surface area contributed by atoms with Gasteiger partial charge in [0, 0.05) is 19.0 Å². The fourth-order valence-corrected chi connectivity index (χ4v) is 4.67. The van der Waals surface area contributed by atoms with Crippen molar-refractivity contribution in [3.05, 3.63) is 15.9 Å². The molecule has 112 valence electrons. The first-order chi connectivity index (χ1) is 9.52. The second-order valence-electron chi connectivity index (χ2n) is 6.92. The van der Waals surface area contributed by atoms with E-state index in [2.05, 4.69) is 28.0 Å². The third kappa shape index (κ3) is 2.82. The van der Waals surface area contributed by atoms with Crippen LogP contribution in [0, 0.1) is 11.8 Å². The minimum atomic E-state index is -0.0210. The molecule has 3 rings (SSSR count). The Bertz CT molecular complexity index is 492. The summed E-state index contributed by atoms with van der Waals surface area (Å²) in [4.78, 5) is 0. The van der Waals surface area contributed by atoms with Crippen molar-refractivity contribution in [3.8, 4) is 0 Å². The predicted molar refractivity (Wildman–Crippen MR) is 85.6 cm³/mol. The largest absolute Gasteiger partial charge is 0.325 e. The number of nitrogens with zero attached hydrogens (tertiary/aromatic N) is 2. The highest BCUT2D eigenvalue weighted by atomic mass is 79.9. The van der Waals surface area contributed by atoms with Crippen molar-refractivity contribution in [3.63, 3.8) is 0 Å². The maximum atomic E-state index is 6.77. The fourth-order valence-electron chi connectivity index (χ4n) is 3.92. The van der Waals surface area contributed by atoms with Gasteiger partial charge in [-0.05, 0) is 59.9 Å². The normalized spacial score (nSPS) is 30.7. The lowest BCUT2D eigenvalue weighted by atomic mass is 9.72. The van der Waals surface area contributed by atoms with Gasteiger partial charge < -0.3 is 5.73 Å². The topological polar surface area (TPSA) is 43.8 Å². The van der Waals surface area contributed by atoms with E-state index in [1.54, 1.807) is 0 Å². The molecule has 20 heavy (non-hydrogen) atoms. The highest BCUT2D eigenvalue weighted by Crippen LogP contribution is 2.46. The fraction of sp³-hybridized carbons (Fsp3) is 0.812. The number of rotatable bonds is 4. The maximum absolute atomic E-state index is 6.77. The second kappa shape index (κ2) is 5.45. The molecule has 0 saturated heterocycles. The Morgan fingerprint density at radius 2 is 2.10 bits per heavy atom. The molecule has 2 fully saturated rings. The Morgan fingerprint density at radius 1 is 1.35 bits per heavy atom. The molecular formula is C16H26BrN3. The quantitative estimate of drug-likeness (QED) is 0.910. The summed E-state index contributed by atoms with van der Waals surface area (Å²) in [6.07, 6.45) is 9.87. The summed E-state index contributed by atoms with van der Waals surface area (Å²) >= 11 is 3.73. The first-order valence-corrected chi connectivity index (χ1v) is 8.81. The van der Waals surface area contributed by atoms with Gasteiger partial charge in [-0.15, -0.1) is 0 Å². The van der Waals surface area contributed by atoms with Gasteiger partial charge in [0.25, 0.3) is 0 Å². The molecule has 2 atom stereocenters. The summed E-state index contributed by atoms with van der Waals surface area (Å²) in [5.74, 6) is 1.87. The predicted octanol–water partition coefficient (Wildman–Crippen LogP) is 3.59. The van der Waals surface area contributed by atoms with Crippen LogP contribution in [0.25, 0.3) is 0 Å². The van der Waals surface area contributed by atoms with Crippen LogP contribution in [0.5, 0.6) is 0 Å². The monoisotopic (exact) mass is 339 g/mol. The third-order valence-electron chi connectivity index (χ3n) is 5.23. The lowest BCUT2D eigenvalue weighted by Crippen LogP contribution is -2.47. The molecule has 2 saturated carbocycles. The standard InChI is InChI=1S/C16H26BrN3/c1-3-13-15(17)14(20(2)19-13)10-16(18)8-4-5-12(9-16)11-6-7-11/h11-12H,3-10,18H2,1-2H3. The summed E-state index contributed by atoms with van der Waals surface area (Å²) in [6, 6.07) is 0. The van der Waals surface area contributed by atoms with E-state index in [0.717, 1.165) is 36.8 Å². The van der Waals surface area contributed by atoms with Crippen LogP contribution in [0.4, 0.5) is 0 Å². The molecule has 4 heteroatoms. The maximum Gasteiger partial charge on any atom is 0.0766 e. The molecule has 1 aromatic heterocycles. The van der Waals surface area contributed by atoms with E-state index in [0.29, 0.717) is 0 Å². The van der Waals surface area contributed by atoms with Crippen LogP contribution in [0.1, 0.15) is 56.8 Å². The summed E-state index contributed by atoms with van der Waals surface area (Å²) in [6.45, 7) is 2.15. The molecule has 0 spiro atoms. The van der Waals surface area contributed by atoms with Crippen LogP contribution in [0.15, 0.2) is 4.47 Å². The Labute approximate surface area is 130 Å². The van der Waals surface area contributed by atoms with E-state index < -0.39 is 0 Å².